The molecule has 1 saturated carbocycles. The Morgan fingerprint density at radius 1 is 0.632 bits per heavy atom. The number of alkyl halides is 2. The molecule has 0 N–H and O–H groups in total. The molecular formula is C17H32I2. The average molecular weight is 490 g/mol. The number of hydrogen-bond donors (Lipinski definition) is 0. The van der Waals surface area contributed by atoms with Crippen LogP contribution in [0.2, 0.25) is 0 Å². The predicted molar refractivity (Wildman–Crippen MR) is 105 cm³/mol. The molecule has 0 bridgehead atoms. The van der Waals surface area contributed by atoms with Crippen LogP contribution in [0.1, 0.15) is 89.9 Å². The smallest absolute Gasteiger partial charge is 0.0112 e. The van der Waals surface area contributed by atoms with Gasteiger partial charge in [-0.1, -0.05) is 116 Å². The van der Waals surface area contributed by atoms with E-state index < -0.39 is 0 Å². The van der Waals surface area contributed by atoms with Crippen molar-refractivity contribution in [3.05, 3.63) is 0 Å². The fourth-order valence-electron chi connectivity index (χ4n) is 3.13. The summed E-state index contributed by atoms with van der Waals surface area (Å²) in [5, 5.41) is 0. The van der Waals surface area contributed by atoms with Gasteiger partial charge in [0.1, 0.15) is 0 Å². The molecule has 2 atom stereocenters. The second-order valence-corrected chi connectivity index (χ2v) is 8.96. The summed E-state index contributed by atoms with van der Waals surface area (Å²) in [6.45, 7) is 0. The highest BCUT2D eigenvalue weighted by Gasteiger charge is 2.13. The topological polar surface area (TPSA) is 0 Å². The lowest BCUT2D eigenvalue weighted by atomic mass is 9.95. The molecule has 1 aliphatic rings. The van der Waals surface area contributed by atoms with E-state index in [-0.39, 0.29) is 0 Å². The average Bonchev–Trinajstić information content (AvgIpc) is 2.41. The van der Waals surface area contributed by atoms with Crippen LogP contribution in [0.4, 0.5) is 0 Å². The largest absolute Gasteiger partial charge is 0.0861 e. The van der Waals surface area contributed by atoms with E-state index >= 15 is 0 Å². The molecule has 1 fully saturated rings. The summed E-state index contributed by atoms with van der Waals surface area (Å²) in [6.07, 6.45) is 20.8. The molecule has 0 radical (unpaired) electrons. The molecule has 19 heavy (non-hydrogen) atoms. The van der Waals surface area contributed by atoms with Crippen LogP contribution in [0.25, 0.3) is 0 Å². The molecular weight excluding hydrogens is 458 g/mol. The minimum absolute atomic E-state index is 0.935. The Labute approximate surface area is 148 Å². The van der Waals surface area contributed by atoms with Crippen LogP contribution in [-0.4, -0.2) is 8.35 Å². The van der Waals surface area contributed by atoms with Crippen molar-refractivity contribution in [2.24, 2.45) is 5.92 Å². The molecule has 1 rings (SSSR count). The van der Waals surface area contributed by atoms with Crippen molar-refractivity contribution in [2.75, 3.05) is 4.43 Å². The third kappa shape index (κ3) is 10.8. The molecule has 1 aliphatic carbocycles. The van der Waals surface area contributed by atoms with Crippen LogP contribution in [0.15, 0.2) is 0 Å². The summed E-state index contributed by atoms with van der Waals surface area (Å²) in [6, 6.07) is 0. The Hall–Kier alpha value is 1.46. The van der Waals surface area contributed by atoms with E-state index in [1.807, 2.05) is 0 Å². The monoisotopic (exact) mass is 490 g/mol. The van der Waals surface area contributed by atoms with Crippen molar-refractivity contribution in [3.63, 3.8) is 0 Å². The Kier molecular flexibility index (Phi) is 12.8. The molecule has 0 aromatic carbocycles. The summed E-state index contributed by atoms with van der Waals surface area (Å²) in [5.41, 5.74) is 0. The maximum atomic E-state index is 2.72. The van der Waals surface area contributed by atoms with Crippen molar-refractivity contribution in [1.29, 1.82) is 0 Å². The van der Waals surface area contributed by atoms with Gasteiger partial charge in [-0.15, -0.1) is 0 Å². The highest BCUT2D eigenvalue weighted by molar-refractivity contribution is 14.1. The van der Waals surface area contributed by atoms with Gasteiger partial charge >= 0.3 is 0 Å². The Morgan fingerprint density at radius 2 is 1.05 bits per heavy atom. The molecule has 0 heterocycles. The SMILES string of the molecule is IC[C@@H]1CCCCCCCCCCCCCC(I)C1. The van der Waals surface area contributed by atoms with Crippen molar-refractivity contribution in [1.82, 2.24) is 0 Å². The van der Waals surface area contributed by atoms with Crippen LogP contribution >= 0.6 is 45.2 Å². The van der Waals surface area contributed by atoms with Gasteiger partial charge in [-0.2, -0.15) is 0 Å². The van der Waals surface area contributed by atoms with Gasteiger partial charge in [0.25, 0.3) is 0 Å². The standard InChI is InChI=1S/C17H32I2/c18-15-16-12-10-8-6-4-2-1-3-5-7-9-11-13-17(19)14-16/h16-17H,1-15H2/t16-,17?/m1/s1. The van der Waals surface area contributed by atoms with Crippen LogP contribution in [-0.2, 0) is 0 Å². The fourth-order valence-corrected chi connectivity index (χ4v) is 5.09. The lowest BCUT2D eigenvalue weighted by Gasteiger charge is -2.18. The zero-order valence-electron chi connectivity index (χ0n) is 12.5. The molecule has 0 aromatic heterocycles. The van der Waals surface area contributed by atoms with Gasteiger partial charge in [-0.3, -0.25) is 0 Å². The summed E-state index contributed by atoms with van der Waals surface area (Å²) in [4.78, 5) is 0. The van der Waals surface area contributed by atoms with E-state index in [4.69, 9.17) is 0 Å². The third-order valence-electron chi connectivity index (χ3n) is 4.44. The quantitative estimate of drug-likeness (QED) is 0.267. The minimum Gasteiger partial charge on any atom is -0.0861 e. The summed E-state index contributed by atoms with van der Waals surface area (Å²) in [7, 11) is 0. The minimum atomic E-state index is 0.935. The number of halogens is 2. The molecule has 0 aliphatic heterocycles. The van der Waals surface area contributed by atoms with Gasteiger partial charge in [-0.05, 0) is 25.2 Å². The van der Waals surface area contributed by atoms with E-state index in [0.717, 1.165) is 9.84 Å². The zero-order chi connectivity index (χ0) is 13.8. The van der Waals surface area contributed by atoms with Gasteiger partial charge in [0.05, 0.1) is 0 Å². The second kappa shape index (κ2) is 13.1. The third-order valence-corrected chi connectivity index (χ3v) is 6.81. The summed E-state index contributed by atoms with van der Waals surface area (Å²) >= 11 is 5.33. The number of hydrogen-bond acceptors (Lipinski definition) is 0. The highest BCUT2D eigenvalue weighted by Crippen LogP contribution is 2.26. The molecule has 0 amide bonds. The van der Waals surface area contributed by atoms with Gasteiger partial charge in [0.15, 0.2) is 0 Å². The first kappa shape index (κ1) is 18.5. The molecule has 0 aromatic rings. The summed E-state index contributed by atoms with van der Waals surface area (Å²) in [5.74, 6) is 0.996. The van der Waals surface area contributed by atoms with Gasteiger partial charge < -0.3 is 0 Å². The lowest BCUT2D eigenvalue weighted by molar-refractivity contribution is 0.446. The first-order valence-electron chi connectivity index (χ1n) is 8.53. The van der Waals surface area contributed by atoms with Crippen LogP contribution in [0.3, 0.4) is 0 Å². The van der Waals surface area contributed by atoms with E-state index in [1.54, 1.807) is 0 Å². The number of rotatable bonds is 1. The van der Waals surface area contributed by atoms with Crippen LogP contribution < -0.4 is 0 Å². The van der Waals surface area contributed by atoms with E-state index in [0.29, 0.717) is 0 Å². The first-order chi connectivity index (χ1) is 9.33. The van der Waals surface area contributed by atoms with Crippen molar-refractivity contribution < 1.29 is 0 Å². The Bertz CT molecular complexity index is 194. The van der Waals surface area contributed by atoms with Crippen molar-refractivity contribution in [3.8, 4) is 0 Å². The fraction of sp³-hybridized carbons (Fsp3) is 1.00. The Morgan fingerprint density at radius 3 is 1.53 bits per heavy atom. The zero-order valence-corrected chi connectivity index (χ0v) is 16.8. The first-order valence-corrected chi connectivity index (χ1v) is 11.3. The highest BCUT2D eigenvalue weighted by atomic mass is 127. The van der Waals surface area contributed by atoms with Crippen molar-refractivity contribution >= 4 is 45.2 Å². The lowest BCUT2D eigenvalue weighted by Crippen LogP contribution is -2.10. The Balaban J connectivity index is 2.26. The van der Waals surface area contributed by atoms with Crippen molar-refractivity contribution in [2.45, 2.75) is 93.8 Å². The van der Waals surface area contributed by atoms with Crippen LogP contribution in [0.5, 0.6) is 0 Å². The second-order valence-electron chi connectivity index (χ2n) is 6.32. The maximum Gasteiger partial charge on any atom is 0.0112 e. The van der Waals surface area contributed by atoms with E-state index in [9.17, 15) is 0 Å². The molecule has 0 saturated heterocycles. The molecule has 2 heteroatoms. The summed E-state index contributed by atoms with van der Waals surface area (Å²) < 4.78 is 2.31. The molecule has 0 nitrogen and oxygen atoms in total. The molecule has 0 spiro atoms. The van der Waals surface area contributed by atoms with E-state index in [2.05, 4.69) is 45.2 Å². The maximum absolute atomic E-state index is 2.72. The molecule has 114 valence electrons. The van der Waals surface area contributed by atoms with E-state index in [1.165, 1.54) is 94.3 Å². The van der Waals surface area contributed by atoms with Gasteiger partial charge in [-0.25, -0.2) is 0 Å². The van der Waals surface area contributed by atoms with Gasteiger partial charge in [0.2, 0.25) is 0 Å². The van der Waals surface area contributed by atoms with Gasteiger partial charge in [0, 0.05) is 8.35 Å². The normalized spacial score (nSPS) is 30.0. The molecule has 1 unspecified atom stereocenters. The van der Waals surface area contributed by atoms with Crippen LogP contribution in [0, 0.1) is 5.92 Å². The predicted octanol–water partition coefficient (Wildman–Crippen LogP) is 7.32.